The van der Waals surface area contributed by atoms with Crippen molar-refractivity contribution in [3.05, 3.63) is 12.2 Å². The zero-order chi connectivity index (χ0) is 9.19. The first-order chi connectivity index (χ1) is 5.52. The van der Waals surface area contributed by atoms with E-state index in [9.17, 15) is 4.21 Å². The Kier molecular flexibility index (Phi) is 2.90. The van der Waals surface area contributed by atoms with E-state index in [0.717, 1.165) is 12.8 Å². The summed E-state index contributed by atoms with van der Waals surface area (Å²) in [6.45, 7) is 3.62. The first kappa shape index (κ1) is 9.74. The molecule has 70 valence electrons. The highest BCUT2D eigenvalue weighted by molar-refractivity contribution is 7.91. The molecule has 2 N–H and O–H groups in total. The lowest BCUT2D eigenvalue weighted by molar-refractivity contribution is 0.613. The molecule has 12 heavy (non-hydrogen) atoms. The fourth-order valence-corrected chi connectivity index (χ4v) is 2.06. The molecular formula is C8H16N2OS. The maximum Gasteiger partial charge on any atom is 0.107 e. The van der Waals surface area contributed by atoms with Crippen LogP contribution in [0.2, 0.25) is 0 Å². The monoisotopic (exact) mass is 188 g/mol. The number of hydrogen-bond donors (Lipinski definition) is 2. The third kappa shape index (κ3) is 2.32. The SMILES string of the molecule is CC(C)S(=N)(=O)NC1CC=CC1. The van der Waals surface area contributed by atoms with Gasteiger partial charge in [-0.25, -0.2) is 13.7 Å². The van der Waals surface area contributed by atoms with Crippen molar-refractivity contribution in [2.24, 2.45) is 0 Å². The highest BCUT2D eigenvalue weighted by atomic mass is 32.2. The molecule has 0 bridgehead atoms. The molecular weight excluding hydrogens is 172 g/mol. The van der Waals surface area contributed by atoms with Crippen LogP contribution in [-0.4, -0.2) is 15.5 Å². The van der Waals surface area contributed by atoms with E-state index in [1.165, 1.54) is 0 Å². The summed E-state index contributed by atoms with van der Waals surface area (Å²) in [6, 6.07) is 0.220. The predicted octanol–water partition coefficient (Wildman–Crippen LogP) is 1.66. The molecule has 0 aromatic heterocycles. The highest BCUT2D eigenvalue weighted by Gasteiger charge is 2.18. The molecule has 0 amide bonds. The summed E-state index contributed by atoms with van der Waals surface area (Å²) in [6.07, 6.45) is 5.94. The minimum absolute atomic E-state index is 0.113. The molecule has 1 rings (SSSR count). The average molecular weight is 188 g/mol. The summed E-state index contributed by atoms with van der Waals surface area (Å²) >= 11 is 0. The Morgan fingerprint density at radius 2 is 2.00 bits per heavy atom. The molecule has 4 heteroatoms. The van der Waals surface area contributed by atoms with Gasteiger partial charge in [0.1, 0.15) is 9.92 Å². The molecule has 0 radical (unpaired) electrons. The maximum absolute atomic E-state index is 11.6. The standard InChI is InChI=1S/C8H16N2OS/c1-7(2)12(9,11)10-8-5-3-4-6-8/h3-4,7-8H,5-6H2,1-2H3,(H2,9,10,11). The van der Waals surface area contributed by atoms with Gasteiger partial charge in [-0.2, -0.15) is 0 Å². The molecule has 1 unspecified atom stereocenters. The van der Waals surface area contributed by atoms with Gasteiger partial charge in [0.05, 0.1) is 5.25 Å². The molecule has 0 aromatic rings. The first-order valence-electron chi connectivity index (χ1n) is 4.22. The van der Waals surface area contributed by atoms with Crippen LogP contribution < -0.4 is 4.72 Å². The second-order valence-electron chi connectivity index (χ2n) is 3.41. The van der Waals surface area contributed by atoms with Gasteiger partial charge < -0.3 is 0 Å². The Balaban J connectivity index is 2.51. The molecule has 0 heterocycles. The van der Waals surface area contributed by atoms with Gasteiger partial charge in [0.15, 0.2) is 0 Å². The summed E-state index contributed by atoms with van der Waals surface area (Å²) < 4.78 is 22.0. The minimum Gasteiger partial charge on any atom is -0.240 e. The van der Waals surface area contributed by atoms with Gasteiger partial charge in [0.25, 0.3) is 0 Å². The summed E-state index contributed by atoms with van der Waals surface area (Å²) in [4.78, 5) is 0. The van der Waals surface area contributed by atoms with Crippen molar-refractivity contribution < 1.29 is 4.21 Å². The lowest BCUT2D eigenvalue weighted by Crippen LogP contribution is -2.36. The second kappa shape index (κ2) is 3.58. The fourth-order valence-electron chi connectivity index (χ4n) is 1.10. The van der Waals surface area contributed by atoms with E-state index in [1.54, 1.807) is 0 Å². The van der Waals surface area contributed by atoms with Crippen molar-refractivity contribution in [3.8, 4) is 0 Å². The third-order valence-corrected chi connectivity index (χ3v) is 4.02. The molecule has 1 aliphatic rings. The molecule has 1 atom stereocenters. The Bertz CT molecular complexity index is 259. The van der Waals surface area contributed by atoms with Crippen LogP contribution in [0.15, 0.2) is 12.2 Å². The number of hydrogen-bond acceptors (Lipinski definition) is 2. The van der Waals surface area contributed by atoms with Gasteiger partial charge in [-0.05, 0) is 26.7 Å². The zero-order valence-electron chi connectivity index (χ0n) is 7.54. The van der Waals surface area contributed by atoms with Crippen molar-refractivity contribution >= 4 is 9.92 Å². The van der Waals surface area contributed by atoms with Crippen LogP contribution in [0.25, 0.3) is 0 Å². The smallest absolute Gasteiger partial charge is 0.107 e. The van der Waals surface area contributed by atoms with E-state index < -0.39 is 9.92 Å². The van der Waals surface area contributed by atoms with Crippen LogP contribution in [-0.2, 0) is 9.92 Å². The van der Waals surface area contributed by atoms with Crippen LogP contribution in [0.3, 0.4) is 0 Å². The predicted molar refractivity (Wildman–Crippen MR) is 51.3 cm³/mol. The van der Waals surface area contributed by atoms with Gasteiger partial charge in [-0.1, -0.05) is 12.2 Å². The molecule has 3 nitrogen and oxygen atoms in total. The van der Waals surface area contributed by atoms with Crippen molar-refractivity contribution in [1.29, 1.82) is 4.78 Å². The summed E-state index contributed by atoms with van der Waals surface area (Å²) in [5, 5.41) is -0.113. The lowest BCUT2D eigenvalue weighted by Gasteiger charge is -2.17. The zero-order valence-corrected chi connectivity index (χ0v) is 8.36. The van der Waals surface area contributed by atoms with Crippen molar-refractivity contribution in [2.75, 3.05) is 0 Å². The lowest BCUT2D eigenvalue weighted by atomic mass is 10.3. The highest BCUT2D eigenvalue weighted by Crippen LogP contribution is 2.11. The normalized spacial score (nSPS) is 23.2. The fraction of sp³-hybridized carbons (Fsp3) is 0.750. The third-order valence-electron chi connectivity index (χ3n) is 2.01. The maximum atomic E-state index is 11.6. The molecule has 0 aliphatic heterocycles. The molecule has 0 fully saturated rings. The summed E-state index contributed by atoms with van der Waals surface area (Å²) in [5.41, 5.74) is 0. The Morgan fingerprint density at radius 3 is 2.42 bits per heavy atom. The van der Waals surface area contributed by atoms with Crippen LogP contribution in [0.5, 0.6) is 0 Å². The second-order valence-corrected chi connectivity index (χ2v) is 5.79. The Labute approximate surface area is 74.4 Å². The molecule has 0 saturated heterocycles. The Hall–Kier alpha value is -0.350. The van der Waals surface area contributed by atoms with Gasteiger partial charge >= 0.3 is 0 Å². The van der Waals surface area contributed by atoms with Crippen LogP contribution in [0.4, 0.5) is 0 Å². The first-order valence-corrected chi connectivity index (χ1v) is 5.84. The van der Waals surface area contributed by atoms with Crippen molar-refractivity contribution in [1.82, 2.24) is 4.72 Å². The minimum atomic E-state index is -2.57. The van der Waals surface area contributed by atoms with Crippen molar-refractivity contribution in [3.63, 3.8) is 0 Å². The quantitative estimate of drug-likeness (QED) is 0.650. The Morgan fingerprint density at radius 1 is 1.50 bits per heavy atom. The largest absolute Gasteiger partial charge is 0.240 e. The van der Waals surface area contributed by atoms with E-state index in [0.29, 0.717) is 0 Å². The van der Waals surface area contributed by atoms with E-state index in [4.69, 9.17) is 4.78 Å². The van der Waals surface area contributed by atoms with Crippen molar-refractivity contribution in [2.45, 2.75) is 38.0 Å². The summed E-state index contributed by atoms with van der Waals surface area (Å²) in [7, 11) is -2.57. The molecule has 1 aliphatic carbocycles. The van der Waals surface area contributed by atoms with Crippen LogP contribution in [0.1, 0.15) is 26.7 Å². The van der Waals surface area contributed by atoms with E-state index in [-0.39, 0.29) is 11.3 Å². The molecule has 0 saturated carbocycles. The van der Waals surface area contributed by atoms with Gasteiger partial charge in [0, 0.05) is 6.04 Å². The topological polar surface area (TPSA) is 53.0 Å². The van der Waals surface area contributed by atoms with Gasteiger partial charge in [0.2, 0.25) is 0 Å². The average Bonchev–Trinajstić information content (AvgIpc) is 2.38. The summed E-state index contributed by atoms with van der Waals surface area (Å²) in [5.74, 6) is 0. The number of rotatable bonds is 3. The molecule has 0 spiro atoms. The van der Waals surface area contributed by atoms with E-state index in [1.807, 2.05) is 13.8 Å². The van der Waals surface area contributed by atoms with Crippen LogP contribution in [0, 0.1) is 4.78 Å². The van der Waals surface area contributed by atoms with Gasteiger partial charge in [-0.15, -0.1) is 0 Å². The van der Waals surface area contributed by atoms with E-state index in [2.05, 4.69) is 16.9 Å². The molecule has 0 aromatic carbocycles. The van der Waals surface area contributed by atoms with Crippen LogP contribution >= 0.6 is 0 Å². The van der Waals surface area contributed by atoms with Gasteiger partial charge in [-0.3, -0.25) is 0 Å². The van der Waals surface area contributed by atoms with E-state index >= 15 is 0 Å². The number of nitrogens with one attached hydrogen (secondary N) is 2.